The molecule has 1 heterocycles. The first-order valence-electron chi connectivity index (χ1n) is 5.11. The molecule has 3 N–H and O–H groups in total. The Labute approximate surface area is 99.2 Å². The number of aromatic nitrogens is 2. The van der Waals surface area contributed by atoms with E-state index in [1.54, 1.807) is 30.2 Å². The Morgan fingerprint density at radius 1 is 1.56 bits per heavy atom. The second kappa shape index (κ2) is 7.19. The quantitative estimate of drug-likeness (QED) is 0.771. The first kappa shape index (κ1) is 12.9. The number of hydrogen-bond donors (Lipinski definition) is 2. The van der Waals surface area contributed by atoms with Crippen LogP contribution in [-0.4, -0.2) is 33.4 Å². The molecule has 1 unspecified atom stereocenters. The van der Waals surface area contributed by atoms with Crippen LogP contribution in [0.4, 0.5) is 5.95 Å². The molecule has 0 fully saturated rings. The molecule has 6 heteroatoms. The lowest BCUT2D eigenvalue weighted by molar-refractivity contribution is -0.113. The number of hydrogen-bond acceptors (Lipinski definition) is 5. The van der Waals surface area contributed by atoms with E-state index in [9.17, 15) is 4.79 Å². The van der Waals surface area contributed by atoms with Crippen LogP contribution in [0.25, 0.3) is 0 Å². The van der Waals surface area contributed by atoms with E-state index in [0.717, 1.165) is 6.42 Å². The normalized spacial score (nSPS) is 12.1. The summed E-state index contributed by atoms with van der Waals surface area (Å²) in [6, 6.07) is 1.70. The number of nitrogens with one attached hydrogen (secondary N) is 1. The van der Waals surface area contributed by atoms with Crippen LogP contribution in [0, 0.1) is 0 Å². The Morgan fingerprint density at radius 2 is 2.25 bits per heavy atom. The number of carbonyl (C=O) groups is 1. The maximum atomic E-state index is 11.5. The van der Waals surface area contributed by atoms with Gasteiger partial charge >= 0.3 is 0 Å². The number of nitrogens with zero attached hydrogens (tertiary/aromatic N) is 2. The average molecular weight is 240 g/mol. The van der Waals surface area contributed by atoms with Crippen LogP contribution >= 0.6 is 11.8 Å². The smallest absolute Gasteiger partial charge is 0.236 e. The van der Waals surface area contributed by atoms with E-state index in [4.69, 9.17) is 5.73 Å². The fourth-order valence-corrected chi connectivity index (χ4v) is 1.87. The van der Waals surface area contributed by atoms with Crippen LogP contribution in [0.5, 0.6) is 0 Å². The zero-order chi connectivity index (χ0) is 11.8. The van der Waals surface area contributed by atoms with E-state index in [-0.39, 0.29) is 5.91 Å². The number of nitrogens with two attached hydrogens (primary N) is 1. The van der Waals surface area contributed by atoms with Crippen molar-refractivity contribution in [2.45, 2.75) is 18.6 Å². The van der Waals surface area contributed by atoms with Gasteiger partial charge in [-0.25, -0.2) is 9.97 Å². The number of carbonyl (C=O) groups excluding carboxylic acids is 1. The highest BCUT2D eigenvalue weighted by molar-refractivity contribution is 8.00. The summed E-state index contributed by atoms with van der Waals surface area (Å²) >= 11 is 1.58. The van der Waals surface area contributed by atoms with Gasteiger partial charge < -0.3 is 5.73 Å². The number of rotatable bonds is 6. The monoisotopic (exact) mass is 240 g/mol. The van der Waals surface area contributed by atoms with Crippen molar-refractivity contribution >= 4 is 23.6 Å². The number of amides is 1. The van der Waals surface area contributed by atoms with Crippen molar-refractivity contribution in [3.63, 3.8) is 0 Å². The Bertz CT molecular complexity index is 320. The summed E-state index contributed by atoms with van der Waals surface area (Å²) in [5.41, 5.74) is 5.43. The highest BCUT2D eigenvalue weighted by Crippen LogP contribution is 2.13. The predicted octanol–water partition coefficient (Wildman–Crippen LogP) is 0.886. The average Bonchev–Trinajstić information content (AvgIpc) is 2.28. The molecule has 16 heavy (non-hydrogen) atoms. The summed E-state index contributed by atoms with van der Waals surface area (Å²) in [5, 5.41) is 3.02. The molecule has 0 aliphatic heterocycles. The standard InChI is InChI=1S/C10H16N4OS/c1-8(3-4-11)16-7-9(15)14-10-12-5-2-6-13-10/h2,5-6,8H,3-4,7,11H2,1H3,(H,12,13,14,15). The van der Waals surface area contributed by atoms with Crippen molar-refractivity contribution in [3.05, 3.63) is 18.5 Å². The predicted molar refractivity (Wildman–Crippen MR) is 66.3 cm³/mol. The minimum Gasteiger partial charge on any atom is -0.330 e. The minimum atomic E-state index is -0.0833. The maximum Gasteiger partial charge on any atom is 0.236 e. The van der Waals surface area contributed by atoms with Gasteiger partial charge in [-0.2, -0.15) is 0 Å². The third-order valence-corrected chi connectivity index (χ3v) is 3.12. The van der Waals surface area contributed by atoms with Gasteiger partial charge in [0, 0.05) is 17.6 Å². The second-order valence-electron chi connectivity index (χ2n) is 3.32. The molecule has 1 atom stereocenters. The van der Waals surface area contributed by atoms with Crippen LogP contribution < -0.4 is 11.1 Å². The zero-order valence-electron chi connectivity index (χ0n) is 9.22. The molecule has 0 saturated heterocycles. The van der Waals surface area contributed by atoms with Crippen LogP contribution in [0.2, 0.25) is 0 Å². The summed E-state index contributed by atoms with van der Waals surface area (Å²) in [5.74, 6) is 0.666. The van der Waals surface area contributed by atoms with Crippen molar-refractivity contribution in [1.29, 1.82) is 0 Å². The third-order valence-electron chi connectivity index (χ3n) is 1.89. The molecule has 0 aromatic carbocycles. The van der Waals surface area contributed by atoms with Gasteiger partial charge in [0.2, 0.25) is 11.9 Å². The van der Waals surface area contributed by atoms with Crippen molar-refractivity contribution in [1.82, 2.24) is 9.97 Å². The molecule has 1 rings (SSSR count). The van der Waals surface area contributed by atoms with Gasteiger partial charge in [-0.15, -0.1) is 11.8 Å². The molecular weight excluding hydrogens is 224 g/mol. The highest BCUT2D eigenvalue weighted by Gasteiger charge is 2.07. The van der Waals surface area contributed by atoms with Gasteiger partial charge in [0.25, 0.3) is 0 Å². The Hall–Kier alpha value is -1.14. The summed E-state index contributed by atoms with van der Waals surface area (Å²) < 4.78 is 0. The molecule has 5 nitrogen and oxygen atoms in total. The SMILES string of the molecule is CC(CCN)SCC(=O)Nc1ncccn1. The lowest BCUT2D eigenvalue weighted by Gasteiger charge is -2.08. The lowest BCUT2D eigenvalue weighted by Crippen LogP contribution is -2.18. The first-order valence-corrected chi connectivity index (χ1v) is 6.15. The van der Waals surface area contributed by atoms with Crippen molar-refractivity contribution in [3.8, 4) is 0 Å². The van der Waals surface area contributed by atoms with Gasteiger partial charge in [-0.3, -0.25) is 10.1 Å². The van der Waals surface area contributed by atoms with Crippen molar-refractivity contribution < 1.29 is 4.79 Å². The van der Waals surface area contributed by atoms with E-state index in [2.05, 4.69) is 22.2 Å². The summed E-state index contributed by atoms with van der Waals surface area (Å²) in [7, 11) is 0. The Kier molecular flexibility index (Phi) is 5.81. The molecular formula is C10H16N4OS. The van der Waals surface area contributed by atoms with E-state index in [1.165, 1.54) is 0 Å². The first-order chi connectivity index (χ1) is 7.72. The van der Waals surface area contributed by atoms with Crippen molar-refractivity contribution in [2.75, 3.05) is 17.6 Å². The molecule has 0 aliphatic rings. The second-order valence-corrected chi connectivity index (χ2v) is 4.75. The third kappa shape index (κ3) is 5.09. The van der Waals surface area contributed by atoms with Gasteiger partial charge in [0.05, 0.1) is 5.75 Å². The molecule has 0 radical (unpaired) electrons. The zero-order valence-corrected chi connectivity index (χ0v) is 10.0. The van der Waals surface area contributed by atoms with Crippen molar-refractivity contribution in [2.24, 2.45) is 5.73 Å². The number of anilines is 1. The molecule has 0 aliphatic carbocycles. The molecule has 0 bridgehead atoms. The molecule has 1 amide bonds. The lowest BCUT2D eigenvalue weighted by atomic mass is 10.3. The summed E-state index contributed by atoms with van der Waals surface area (Å²) in [4.78, 5) is 19.3. The minimum absolute atomic E-state index is 0.0833. The van der Waals surface area contributed by atoms with E-state index in [1.807, 2.05) is 0 Å². The van der Waals surface area contributed by atoms with Gasteiger partial charge in [0.1, 0.15) is 0 Å². The fourth-order valence-electron chi connectivity index (χ4n) is 1.06. The Morgan fingerprint density at radius 3 is 2.88 bits per heavy atom. The van der Waals surface area contributed by atoms with Gasteiger partial charge in [-0.1, -0.05) is 6.92 Å². The van der Waals surface area contributed by atoms with E-state index in [0.29, 0.717) is 23.5 Å². The summed E-state index contributed by atoms with van der Waals surface area (Å²) in [6.45, 7) is 2.71. The highest BCUT2D eigenvalue weighted by atomic mass is 32.2. The van der Waals surface area contributed by atoms with Crippen LogP contribution in [0.15, 0.2) is 18.5 Å². The molecule has 88 valence electrons. The van der Waals surface area contributed by atoms with E-state index >= 15 is 0 Å². The van der Waals surface area contributed by atoms with Crippen LogP contribution in [-0.2, 0) is 4.79 Å². The van der Waals surface area contributed by atoms with Gasteiger partial charge in [-0.05, 0) is 19.0 Å². The fraction of sp³-hybridized carbons (Fsp3) is 0.500. The molecule has 1 aromatic heterocycles. The number of thioether (sulfide) groups is 1. The topological polar surface area (TPSA) is 80.9 Å². The van der Waals surface area contributed by atoms with E-state index < -0.39 is 0 Å². The largest absolute Gasteiger partial charge is 0.330 e. The molecule has 0 saturated carbocycles. The van der Waals surface area contributed by atoms with Crippen LogP contribution in [0.3, 0.4) is 0 Å². The molecule has 0 spiro atoms. The summed E-state index contributed by atoms with van der Waals surface area (Å²) in [6.07, 6.45) is 4.10. The Balaban J connectivity index is 2.26. The van der Waals surface area contributed by atoms with Gasteiger partial charge in [0.15, 0.2) is 0 Å². The van der Waals surface area contributed by atoms with Crippen LogP contribution in [0.1, 0.15) is 13.3 Å². The molecule has 1 aromatic rings. The maximum absolute atomic E-state index is 11.5.